The quantitative estimate of drug-likeness (QED) is 0.430. The van der Waals surface area contributed by atoms with Gasteiger partial charge in [-0.1, -0.05) is 35.9 Å². The molecule has 0 aliphatic carbocycles. The van der Waals surface area contributed by atoms with Gasteiger partial charge >= 0.3 is 0 Å². The second-order valence-electron chi connectivity index (χ2n) is 6.38. The lowest BCUT2D eigenvalue weighted by Gasteiger charge is -2.23. The molecule has 1 aromatic heterocycles. The zero-order valence-electron chi connectivity index (χ0n) is 16.4. The smallest absolute Gasteiger partial charge is 0.262 e. The molecule has 1 heterocycles. The van der Waals surface area contributed by atoms with Crippen molar-refractivity contribution in [3.63, 3.8) is 0 Å². The lowest BCUT2D eigenvalue weighted by molar-refractivity contribution is 0.396. The molecule has 0 bridgehead atoms. The number of hydrogen-bond donors (Lipinski definition) is 0. The van der Waals surface area contributed by atoms with E-state index in [1.165, 1.54) is 16.6 Å². The van der Waals surface area contributed by atoms with Crippen LogP contribution < -0.4 is 9.47 Å². The third-order valence-electron chi connectivity index (χ3n) is 4.43. The zero-order valence-corrected chi connectivity index (χ0v) is 19.5. The highest BCUT2D eigenvalue weighted by molar-refractivity contribution is 9.10. The molecule has 0 saturated heterocycles. The Kier molecular flexibility index (Phi) is 7.36. The van der Waals surface area contributed by atoms with Gasteiger partial charge in [-0.3, -0.25) is 0 Å². The lowest BCUT2D eigenvalue weighted by atomic mass is 10.2. The molecule has 0 unspecified atom stereocenters. The highest BCUT2D eigenvalue weighted by Crippen LogP contribution is 2.31. The van der Waals surface area contributed by atoms with Crippen LogP contribution in [0.15, 0.2) is 70.3 Å². The Morgan fingerprint density at radius 3 is 1.80 bits per heavy atom. The summed E-state index contributed by atoms with van der Waals surface area (Å²) in [5.74, 6) is 1.39. The predicted octanol–water partition coefficient (Wildman–Crippen LogP) is 4.91. The average Bonchev–Trinajstić information content (AvgIpc) is 2.76. The monoisotopic (exact) mass is 510 g/mol. The molecule has 0 N–H and O–H groups in total. The molecule has 0 spiro atoms. The summed E-state index contributed by atoms with van der Waals surface area (Å²) in [6.07, 6.45) is 1.37. The molecule has 0 saturated carbocycles. The molecule has 0 radical (unpaired) electrons. The molecular weight excluding hydrogens is 492 g/mol. The van der Waals surface area contributed by atoms with E-state index in [0.29, 0.717) is 11.5 Å². The SMILES string of the molecule is COc1ccc(CN(Cc2ccc(OC)cc2)S(=O)(=O)c2nccc(Cl)c2Br)cc1. The molecule has 2 aromatic carbocycles. The second-order valence-corrected chi connectivity index (χ2v) is 9.43. The van der Waals surface area contributed by atoms with E-state index in [1.54, 1.807) is 38.5 Å². The standard InChI is InChI=1S/C21H20BrClN2O4S/c1-28-17-7-3-15(4-8-17)13-25(14-16-5-9-18(29-2)10-6-16)30(26,27)21-20(22)19(23)11-12-24-21/h3-12H,13-14H2,1-2H3. The first kappa shape index (κ1) is 22.6. The van der Waals surface area contributed by atoms with Crippen molar-refractivity contribution in [1.82, 2.24) is 9.29 Å². The van der Waals surface area contributed by atoms with E-state index in [0.717, 1.165) is 11.1 Å². The predicted molar refractivity (Wildman–Crippen MR) is 119 cm³/mol. The average molecular weight is 512 g/mol. The Bertz CT molecular complexity index is 1060. The fourth-order valence-electron chi connectivity index (χ4n) is 2.80. The van der Waals surface area contributed by atoms with E-state index in [4.69, 9.17) is 21.1 Å². The topological polar surface area (TPSA) is 68.7 Å². The van der Waals surface area contributed by atoms with Gasteiger partial charge in [-0.25, -0.2) is 13.4 Å². The third kappa shape index (κ3) is 5.13. The van der Waals surface area contributed by atoms with E-state index >= 15 is 0 Å². The van der Waals surface area contributed by atoms with E-state index in [2.05, 4.69) is 20.9 Å². The maximum absolute atomic E-state index is 13.5. The van der Waals surface area contributed by atoms with Crippen LogP contribution >= 0.6 is 27.5 Å². The van der Waals surface area contributed by atoms with Gasteiger partial charge in [0.15, 0.2) is 5.03 Å². The summed E-state index contributed by atoms with van der Waals surface area (Å²) in [5, 5.41) is 0.148. The number of rotatable bonds is 8. The maximum Gasteiger partial charge on any atom is 0.262 e. The fourth-order valence-corrected chi connectivity index (χ4v) is 5.26. The van der Waals surface area contributed by atoms with Gasteiger partial charge in [-0.05, 0) is 57.4 Å². The number of pyridine rings is 1. The van der Waals surface area contributed by atoms with Crippen molar-refractivity contribution < 1.29 is 17.9 Å². The van der Waals surface area contributed by atoms with Gasteiger partial charge in [-0.15, -0.1) is 0 Å². The van der Waals surface area contributed by atoms with Crippen LogP contribution in [-0.2, 0) is 23.1 Å². The number of sulfonamides is 1. The van der Waals surface area contributed by atoms with E-state index in [1.807, 2.05) is 24.3 Å². The molecule has 0 fully saturated rings. The lowest BCUT2D eigenvalue weighted by Crippen LogP contribution is -2.31. The van der Waals surface area contributed by atoms with E-state index in [-0.39, 0.29) is 27.6 Å². The van der Waals surface area contributed by atoms with Gasteiger partial charge in [0.1, 0.15) is 11.5 Å². The zero-order chi connectivity index (χ0) is 21.7. The summed E-state index contributed by atoms with van der Waals surface area (Å²) in [6, 6.07) is 16.0. The molecule has 3 rings (SSSR count). The summed E-state index contributed by atoms with van der Waals surface area (Å²) < 4.78 is 38.9. The van der Waals surface area contributed by atoms with Crippen LogP contribution in [0.5, 0.6) is 11.5 Å². The van der Waals surface area contributed by atoms with E-state index < -0.39 is 10.0 Å². The first-order valence-corrected chi connectivity index (χ1v) is 11.5. The van der Waals surface area contributed by atoms with Crippen molar-refractivity contribution in [3.05, 3.63) is 81.4 Å². The summed E-state index contributed by atoms with van der Waals surface area (Å²) in [7, 11) is -0.791. The van der Waals surface area contributed by atoms with Crippen LogP contribution in [0.25, 0.3) is 0 Å². The van der Waals surface area contributed by atoms with Crippen molar-refractivity contribution in [2.75, 3.05) is 14.2 Å². The minimum atomic E-state index is -3.95. The fraction of sp³-hybridized carbons (Fsp3) is 0.190. The van der Waals surface area contributed by atoms with Crippen molar-refractivity contribution in [3.8, 4) is 11.5 Å². The summed E-state index contributed by atoms with van der Waals surface area (Å²) in [5.41, 5.74) is 1.62. The normalized spacial score (nSPS) is 11.5. The number of benzene rings is 2. The molecule has 0 aliphatic rings. The van der Waals surface area contributed by atoms with Crippen LogP contribution in [0.4, 0.5) is 0 Å². The first-order valence-electron chi connectivity index (χ1n) is 8.91. The van der Waals surface area contributed by atoms with Crippen LogP contribution in [0, 0.1) is 0 Å². The van der Waals surface area contributed by atoms with Crippen LogP contribution in [0.3, 0.4) is 0 Å². The Morgan fingerprint density at radius 2 is 1.37 bits per heavy atom. The van der Waals surface area contributed by atoms with Crippen molar-refractivity contribution >= 4 is 37.6 Å². The molecule has 30 heavy (non-hydrogen) atoms. The Labute approximate surface area is 189 Å². The molecule has 0 amide bonds. The molecule has 0 aliphatic heterocycles. The molecule has 9 heteroatoms. The van der Waals surface area contributed by atoms with Gasteiger partial charge in [0.05, 0.1) is 23.7 Å². The molecular formula is C21H20BrClN2O4S. The van der Waals surface area contributed by atoms with Crippen LogP contribution in [0.2, 0.25) is 5.02 Å². The summed E-state index contributed by atoms with van der Waals surface area (Å²) in [6.45, 7) is 0.304. The van der Waals surface area contributed by atoms with E-state index in [9.17, 15) is 8.42 Å². The molecule has 3 aromatic rings. The Hall–Kier alpha value is -2.13. The maximum atomic E-state index is 13.5. The first-order chi connectivity index (χ1) is 14.3. The van der Waals surface area contributed by atoms with Gasteiger partial charge in [0, 0.05) is 19.3 Å². The van der Waals surface area contributed by atoms with Gasteiger partial charge in [0.25, 0.3) is 10.0 Å². The largest absolute Gasteiger partial charge is 0.497 e. The number of nitrogens with zero attached hydrogens (tertiary/aromatic N) is 2. The highest BCUT2D eigenvalue weighted by Gasteiger charge is 2.29. The number of methoxy groups -OCH3 is 2. The van der Waals surface area contributed by atoms with Crippen molar-refractivity contribution in [2.45, 2.75) is 18.1 Å². The number of halogens is 2. The van der Waals surface area contributed by atoms with Gasteiger partial charge in [-0.2, -0.15) is 4.31 Å². The Balaban J connectivity index is 1.99. The third-order valence-corrected chi connectivity index (χ3v) is 7.77. The van der Waals surface area contributed by atoms with Crippen LogP contribution in [0.1, 0.15) is 11.1 Å². The minimum absolute atomic E-state index is 0.128. The number of ether oxygens (including phenoxy) is 2. The molecule has 0 atom stereocenters. The Morgan fingerprint density at radius 1 is 0.900 bits per heavy atom. The van der Waals surface area contributed by atoms with Crippen molar-refractivity contribution in [1.29, 1.82) is 0 Å². The van der Waals surface area contributed by atoms with Crippen molar-refractivity contribution in [2.24, 2.45) is 0 Å². The second kappa shape index (κ2) is 9.78. The van der Waals surface area contributed by atoms with Gasteiger partial charge in [0.2, 0.25) is 0 Å². The van der Waals surface area contributed by atoms with Gasteiger partial charge < -0.3 is 9.47 Å². The minimum Gasteiger partial charge on any atom is -0.497 e. The highest BCUT2D eigenvalue weighted by atomic mass is 79.9. The van der Waals surface area contributed by atoms with Crippen LogP contribution in [-0.4, -0.2) is 31.9 Å². The summed E-state index contributed by atoms with van der Waals surface area (Å²) >= 11 is 9.37. The molecule has 158 valence electrons. The molecule has 6 nitrogen and oxygen atoms in total. The number of hydrogen-bond acceptors (Lipinski definition) is 5. The number of aromatic nitrogens is 1. The summed E-state index contributed by atoms with van der Waals surface area (Å²) in [4.78, 5) is 4.07.